The van der Waals surface area contributed by atoms with E-state index in [4.69, 9.17) is 0 Å². The van der Waals surface area contributed by atoms with Gasteiger partial charge in [-0.05, 0) is 37.6 Å². The van der Waals surface area contributed by atoms with E-state index >= 15 is 0 Å². The van der Waals surface area contributed by atoms with Crippen LogP contribution in [-0.2, 0) is 11.0 Å². The van der Waals surface area contributed by atoms with E-state index in [1.807, 2.05) is 13.8 Å². The van der Waals surface area contributed by atoms with Crippen LogP contribution >= 0.6 is 0 Å². The molecule has 5 nitrogen and oxygen atoms in total. The number of carbonyl (C=O) groups is 2. The molecule has 32 heavy (non-hydrogen) atoms. The summed E-state index contributed by atoms with van der Waals surface area (Å²) in [5, 5.41) is 2.79. The molecule has 3 aromatic rings. The van der Waals surface area contributed by atoms with Crippen molar-refractivity contribution in [3.8, 4) is 0 Å². The molecule has 8 heteroatoms. The number of nitrogens with zero attached hydrogens (tertiary/aromatic N) is 2. The third-order valence-electron chi connectivity index (χ3n) is 5.14. The molecule has 0 atom stereocenters. The molecule has 0 aliphatic heterocycles. The Kier molecular flexibility index (Phi) is 6.00. The van der Waals surface area contributed by atoms with Crippen molar-refractivity contribution < 1.29 is 22.8 Å². The van der Waals surface area contributed by atoms with Crippen LogP contribution in [0.2, 0.25) is 0 Å². The molecule has 1 N–H and O–H groups in total. The Balaban J connectivity index is 2.09. The fourth-order valence-electron chi connectivity index (χ4n) is 3.12. The molecule has 0 saturated carbocycles. The van der Waals surface area contributed by atoms with Crippen LogP contribution in [0.15, 0.2) is 42.6 Å². The molecule has 168 valence electrons. The van der Waals surface area contributed by atoms with Crippen molar-refractivity contribution in [3.05, 3.63) is 70.7 Å². The number of hydrogen-bond donors (Lipinski definition) is 1. The first-order valence-electron chi connectivity index (χ1n) is 9.99. The molecule has 0 bridgehead atoms. The highest BCUT2D eigenvalue weighted by atomic mass is 19.4. The lowest BCUT2D eigenvalue weighted by molar-refractivity contribution is -0.137. The Bertz CT molecular complexity index is 1230. The first-order chi connectivity index (χ1) is 14.8. The van der Waals surface area contributed by atoms with Gasteiger partial charge in [0.05, 0.1) is 22.5 Å². The number of benzene rings is 1. The van der Waals surface area contributed by atoms with Gasteiger partial charge in [0.1, 0.15) is 0 Å². The van der Waals surface area contributed by atoms with E-state index in [1.165, 1.54) is 24.3 Å². The molecule has 0 fully saturated rings. The van der Waals surface area contributed by atoms with Crippen LogP contribution in [0.3, 0.4) is 0 Å². The Morgan fingerprint density at radius 1 is 1.06 bits per heavy atom. The van der Waals surface area contributed by atoms with Crippen molar-refractivity contribution in [1.82, 2.24) is 9.38 Å². The van der Waals surface area contributed by atoms with Gasteiger partial charge in [0.2, 0.25) is 5.91 Å². The molecule has 0 radical (unpaired) electrons. The van der Waals surface area contributed by atoms with Crippen molar-refractivity contribution >= 4 is 29.1 Å². The van der Waals surface area contributed by atoms with Gasteiger partial charge < -0.3 is 9.72 Å². The predicted molar refractivity (Wildman–Crippen MR) is 118 cm³/mol. The number of aryl methyl sites for hydroxylation is 2. The molecule has 0 saturated heterocycles. The highest BCUT2D eigenvalue weighted by Crippen LogP contribution is 2.33. The van der Waals surface area contributed by atoms with Crippen LogP contribution in [-0.4, -0.2) is 21.1 Å². The third kappa shape index (κ3) is 4.59. The maximum absolute atomic E-state index is 13.3. The predicted octanol–water partition coefficient (Wildman–Crippen LogP) is 5.85. The summed E-state index contributed by atoms with van der Waals surface area (Å²) in [6, 6.07) is 6.54. The first kappa shape index (κ1) is 23.2. The van der Waals surface area contributed by atoms with Gasteiger partial charge in [-0.3, -0.25) is 9.59 Å². The summed E-state index contributed by atoms with van der Waals surface area (Å²) in [7, 11) is 0. The van der Waals surface area contributed by atoms with Gasteiger partial charge >= 0.3 is 6.18 Å². The second-order valence-corrected chi connectivity index (χ2v) is 8.57. The number of anilines is 1. The smallest absolute Gasteiger partial charge is 0.322 e. The number of aromatic nitrogens is 2. The zero-order chi connectivity index (χ0) is 23.8. The number of rotatable bonds is 4. The van der Waals surface area contributed by atoms with Gasteiger partial charge in [0, 0.05) is 17.3 Å². The molecule has 0 unspecified atom stereocenters. The first-order valence-corrected chi connectivity index (χ1v) is 9.99. The van der Waals surface area contributed by atoms with Crippen LogP contribution < -0.4 is 5.32 Å². The number of amides is 1. The number of pyridine rings is 1. The van der Waals surface area contributed by atoms with E-state index < -0.39 is 22.9 Å². The standard InChI is InChI=1S/C24H24F3N3O2/c1-14-15(2)30-13-12-17(20(21(30)28-14)29-22(32)23(3,4)5)19(31)11-10-16-8-6-7-9-18(16)24(25,26)27/h6-13H,1-5H3,(H,29,32). The largest absolute Gasteiger partial charge is 0.416 e. The molecule has 0 spiro atoms. The average molecular weight is 443 g/mol. The number of imidazole rings is 1. The fourth-order valence-corrected chi connectivity index (χ4v) is 3.12. The van der Waals surface area contributed by atoms with Crippen LogP contribution in [0.5, 0.6) is 0 Å². The van der Waals surface area contributed by atoms with E-state index in [0.717, 1.165) is 29.6 Å². The van der Waals surface area contributed by atoms with E-state index in [0.29, 0.717) is 5.65 Å². The second kappa shape index (κ2) is 8.26. The number of nitrogens with one attached hydrogen (secondary N) is 1. The Labute approximate surface area is 184 Å². The van der Waals surface area contributed by atoms with Crippen LogP contribution in [0.25, 0.3) is 11.7 Å². The van der Waals surface area contributed by atoms with Gasteiger partial charge in [-0.2, -0.15) is 13.2 Å². The third-order valence-corrected chi connectivity index (χ3v) is 5.14. The van der Waals surface area contributed by atoms with Crippen molar-refractivity contribution in [2.24, 2.45) is 5.41 Å². The fraction of sp³-hybridized carbons (Fsp3) is 0.292. The average Bonchev–Trinajstić information content (AvgIpc) is 2.99. The Morgan fingerprint density at radius 3 is 2.34 bits per heavy atom. The quantitative estimate of drug-likeness (QED) is 0.406. The minimum Gasteiger partial charge on any atom is -0.322 e. The minimum atomic E-state index is -4.54. The van der Waals surface area contributed by atoms with Crippen LogP contribution in [0.1, 0.15) is 53.6 Å². The molecule has 0 aliphatic carbocycles. The number of fused-ring (bicyclic) bond motifs is 1. The maximum Gasteiger partial charge on any atom is 0.416 e. The summed E-state index contributed by atoms with van der Waals surface area (Å²) < 4.78 is 41.5. The number of hydrogen-bond acceptors (Lipinski definition) is 3. The van der Waals surface area contributed by atoms with E-state index in [-0.39, 0.29) is 22.7 Å². The number of carbonyl (C=O) groups excluding carboxylic acids is 2. The molecule has 1 aromatic carbocycles. The van der Waals surface area contributed by atoms with Gasteiger partial charge in [0.25, 0.3) is 0 Å². The van der Waals surface area contributed by atoms with Crippen LogP contribution in [0.4, 0.5) is 18.9 Å². The number of alkyl halides is 3. The number of allylic oxidation sites excluding steroid dienone is 1. The molecule has 3 rings (SSSR count). The molecule has 1 amide bonds. The zero-order valence-electron chi connectivity index (χ0n) is 18.5. The van der Waals surface area contributed by atoms with Crippen molar-refractivity contribution in [1.29, 1.82) is 0 Å². The monoisotopic (exact) mass is 443 g/mol. The van der Waals surface area contributed by atoms with E-state index in [9.17, 15) is 22.8 Å². The Morgan fingerprint density at radius 2 is 1.72 bits per heavy atom. The lowest BCUT2D eigenvalue weighted by atomic mass is 9.95. The molecular formula is C24H24F3N3O2. The maximum atomic E-state index is 13.3. The van der Waals surface area contributed by atoms with E-state index in [1.54, 1.807) is 31.4 Å². The molecular weight excluding hydrogens is 419 g/mol. The summed E-state index contributed by atoms with van der Waals surface area (Å²) in [5.74, 6) is -0.864. The highest BCUT2D eigenvalue weighted by Gasteiger charge is 2.32. The zero-order valence-corrected chi connectivity index (χ0v) is 18.5. The lowest BCUT2D eigenvalue weighted by Gasteiger charge is -2.19. The molecule has 0 aliphatic rings. The topological polar surface area (TPSA) is 63.5 Å². The van der Waals surface area contributed by atoms with E-state index in [2.05, 4.69) is 10.3 Å². The number of ketones is 1. The van der Waals surface area contributed by atoms with Gasteiger partial charge in [-0.25, -0.2) is 4.98 Å². The Hall–Kier alpha value is -3.42. The van der Waals surface area contributed by atoms with Gasteiger partial charge in [0.15, 0.2) is 11.4 Å². The molecule has 2 heterocycles. The minimum absolute atomic E-state index is 0.123. The van der Waals surface area contributed by atoms with Crippen molar-refractivity contribution in [2.75, 3.05) is 5.32 Å². The summed E-state index contributed by atoms with van der Waals surface area (Å²) in [5.41, 5.74) is 0.652. The normalized spacial score (nSPS) is 12.5. The van der Waals surface area contributed by atoms with Gasteiger partial charge in [-0.1, -0.05) is 45.0 Å². The summed E-state index contributed by atoms with van der Waals surface area (Å²) in [6.45, 7) is 8.88. The van der Waals surface area contributed by atoms with Crippen molar-refractivity contribution in [2.45, 2.75) is 40.8 Å². The number of halogens is 3. The summed E-state index contributed by atoms with van der Waals surface area (Å²) >= 11 is 0. The van der Waals surface area contributed by atoms with Crippen molar-refractivity contribution in [3.63, 3.8) is 0 Å². The summed E-state index contributed by atoms with van der Waals surface area (Å²) in [6.07, 6.45) is -0.680. The highest BCUT2D eigenvalue weighted by molar-refractivity contribution is 6.14. The second-order valence-electron chi connectivity index (χ2n) is 8.57. The van der Waals surface area contributed by atoms with Gasteiger partial charge in [-0.15, -0.1) is 0 Å². The lowest BCUT2D eigenvalue weighted by Crippen LogP contribution is -2.28. The summed E-state index contributed by atoms with van der Waals surface area (Å²) in [4.78, 5) is 30.2. The van der Waals surface area contributed by atoms with Crippen LogP contribution in [0, 0.1) is 19.3 Å². The SMILES string of the molecule is Cc1nc2c(NC(=O)C(C)(C)C)c(C(=O)C=Cc3ccccc3C(F)(F)F)ccn2c1C. The molecule has 2 aromatic heterocycles.